The van der Waals surface area contributed by atoms with Gasteiger partial charge in [0.15, 0.2) is 0 Å². The highest BCUT2D eigenvalue weighted by Gasteiger charge is 2.10. The van der Waals surface area contributed by atoms with Crippen LogP contribution in [0.25, 0.3) is 10.9 Å². The summed E-state index contributed by atoms with van der Waals surface area (Å²) in [5.74, 6) is 0.888. The molecular formula is C12H16N2O. The number of rotatable bonds is 2. The van der Waals surface area contributed by atoms with Crippen LogP contribution in [0.3, 0.4) is 0 Å². The first-order valence-electron chi connectivity index (χ1n) is 5.22. The Balaban J connectivity index is 2.57. The standard InChI is InChI=1S/C12H16N2O/c1-8(2)6-11-10-5-4-9(15)7-12(10)14(3)13-11/h4-5,7-8,15H,6H2,1-3H3. The van der Waals surface area contributed by atoms with Crippen LogP contribution in [0.2, 0.25) is 0 Å². The number of aromatic hydroxyl groups is 1. The van der Waals surface area contributed by atoms with Gasteiger partial charge in [-0.15, -0.1) is 0 Å². The Morgan fingerprint density at radius 1 is 1.40 bits per heavy atom. The first kappa shape index (κ1) is 10.0. The SMILES string of the molecule is CC(C)Cc1nn(C)c2cc(O)ccc12. The van der Waals surface area contributed by atoms with Crippen LogP contribution in [0.1, 0.15) is 19.5 Å². The van der Waals surface area contributed by atoms with E-state index in [9.17, 15) is 5.11 Å². The van der Waals surface area contributed by atoms with Crippen LogP contribution in [0.15, 0.2) is 18.2 Å². The van der Waals surface area contributed by atoms with Crippen molar-refractivity contribution in [3.63, 3.8) is 0 Å². The minimum atomic E-state index is 0.293. The number of phenols is 1. The minimum Gasteiger partial charge on any atom is -0.508 e. The fourth-order valence-corrected chi connectivity index (χ4v) is 1.86. The topological polar surface area (TPSA) is 38.0 Å². The molecule has 2 rings (SSSR count). The Morgan fingerprint density at radius 2 is 2.13 bits per heavy atom. The van der Waals surface area contributed by atoms with E-state index in [0.717, 1.165) is 23.0 Å². The molecule has 0 aliphatic heterocycles. The number of benzene rings is 1. The summed E-state index contributed by atoms with van der Waals surface area (Å²) in [4.78, 5) is 0. The number of hydrogen-bond acceptors (Lipinski definition) is 2. The van der Waals surface area contributed by atoms with Crippen molar-refractivity contribution in [1.29, 1.82) is 0 Å². The summed E-state index contributed by atoms with van der Waals surface area (Å²) in [5.41, 5.74) is 2.10. The molecule has 0 radical (unpaired) electrons. The molecule has 0 bridgehead atoms. The fourth-order valence-electron chi connectivity index (χ4n) is 1.86. The highest BCUT2D eigenvalue weighted by atomic mass is 16.3. The molecule has 0 amide bonds. The van der Waals surface area contributed by atoms with Crippen LogP contribution in [-0.4, -0.2) is 14.9 Å². The van der Waals surface area contributed by atoms with Crippen LogP contribution < -0.4 is 0 Å². The van der Waals surface area contributed by atoms with Crippen LogP contribution >= 0.6 is 0 Å². The molecule has 0 aliphatic rings. The second-order valence-electron chi connectivity index (χ2n) is 4.37. The number of aryl methyl sites for hydroxylation is 1. The molecule has 80 valence electrons. The Morgan fingerprint density at radius 3 is 2.80 bits per heavy atom. The van der Waals surface area contributed by atoms with Gasteiger partial charge in [-0.2, -0.15) is 5.10 Å². The van der Waals surface area contributed by atoms with E-state index >= 15 is 0 Å². The van der Waals surface area contributed by atoms with Gasteiger partial charge in [-0.1, -0.05) is 13.8 Å². The van der Waals surface area contributed by atoms with E-state index in [1.54, 1.807) is 12.1 Å². The maximum absolute atomic E-state index is 9.40. The molecule has 15 heavy (non-hydrogen) atoms. The van der Waals surface area contributed by atoms with Gasteiger partial charge in [-0.3, -0.25) is 4.68 Å². The van der Waals surface area contributed by atoms with E-state index in [4.69, 9.17) is 0 Å². The molecule has 0 unspecified atom stereocenters. The van der Waals surface area contributed by atoms with Gasteiger partial charge in [0.1, 0.15) is 5.75 Å². The monoisotopic (exact) mass is 204 g/mol. The first-order valence-corrected chi connectivity index (χ1v) is 5.22. The maximum atomic E-state index is 9.40. The average molecular weight is 204 g/mol. The van der Waals surface area contributed by atoms with Crippen molar-refractivity contribution in [2.75, 3.05) is 0 Å². The van der Waals surface area contributed by atoms with E-state index in [-0.39, 0.29) is 0 Å². The average Bonchev–Trinajstić information content (AvgIpc) is 2.42. The Bertz CT molecular complexity index is 486. The predicted molar refractivity (Wildman–Crippen MR) is 60.9 cm³/mol. The summed E-state index contributed by atoms with van der Waals surface area (Å²) in [5, 5.41) is 15.0. The van der Waals surface area contributed by atoms with Crippen molar-refractivity contribution < 1.29 is 5.11 Å². The molecule has 0 saturated heterocycles. The fraction of sp³-hybridized carbons (Fsp3) is 0.417. The third-order valence-corrected chi connectivity index (χ3v) is 2.51. The summed E-state index contributed by atoms with van der Waals surface area (Å²) in [6, 6.07) is 5.41. The number of fused-ring (bicyclic) bond motifs is 1. The number of nitrogens with zero attached hydrogens (tertiary/aromatic N) is 2. The van der Waals surface area contributed by atoms with Gasteiger partial charge in [0.25, 0.3) is 0 Å². The molecule has 1 heterocycles. The normalized spacial score (nSPS) is 11.5. The Labute approximate surface area is 89.3 Å². The smallest absolute Gasteiger partial charge is 0.117 e. The maximum Gasteiger partial charge on any atom is 0.117 e. The van der Waals surface area contributed by atoms with E-state index < -0.39 is 0 Å². The zero-order valence-electron chi connectivity index (χ0n) is 9.36. The highest BCUT2D eigenvalue weighted by Crippen LogP contribution is 2.23. The lowest BCUT2D eigenvalue weighted by Gasteiger charge is -2.00. The predicted octanol–water partition coefficient (Wildman–Crippen LogP) is 2.48. The lowest BCUT2D eigenvalue weighted by Crippen LogP contribution is -1.96. The third-order valence-electron chi connectivity index (χ3n) is 2.51. The second kappa shape index (κ2) is 3.57. The van der Waals surface area contributed by atoms with E-state index in [0.29, 0.717) is 11.7 Å². The summed E-state index contributed by atoms with van der Waals surface area (Å²) in [7, 11) is 1.91. The van der Waals surface area contributed by atoms with Crippen molar-refractivity contribution in [3.05, 3.63) is 23.9 Å². The highest BCUT2D eigenvalue weighted by molar-refractivity contribution is 5.83. The van der Waals surface area contributed by atoms with Crippen molar-refractivity contribution >= 4 is 10.9 Å². The van der Waals surface area contributed by atoms with Crippen LogP contribution in [0, 0.1) is 5.92 Å². The van der Waals surface area contributed by atoms with Gasteiger partial charge in [-0.25, -0.2) is 0 Å². The van der Waals surface area contributed by atoms with Gasteiger partial charge < -0.3 is 5.11 Å². The third kappa shape index (κ3) is 1.82. The summed E-state index contributed by atoms with van der Waals surface area (Å²) >= 11 is 0. The summed E-state index contributed by atoms with van der Waals surface area (Å²) in [6.07, 6.45) is 0.974. The van der Waals surface area contributed by atoms with E-state index in [1.807, 2.05) is 17.8 Å². The molecule has 0 atom stereocenters. The second-order valence-corrected chi connectivity index (χ2v) is 4.37. The quantitative estimate of drug-likeness (QED) is 0.816. The molecule has 3 nitrogen and oxygen atoms in total. The zero-order valence-corrected chi connectivity index (χ0v) is 9.36. The Hall–Kier alpha value is -1.51. The van der Waals surface area contributed by atoms with Crippen molar-refractivity contribution in [2.45, 2.75) is 20.3 Å². The molecule has 1 aromatic carbocycles. The number of aromatic nitrogens is 2. The molecule has 1 N–H and O–H groups in total. The molecule has 0 spiro atoms. The molecule has 0 fully saturated rings. The molecular weight excluding hydrogens is 188 g/mol. The molecule has 3 heteroatoms. The van der Waals surface area contributed by atoms with Gasteiger partial charge in [0, 0.05) is 18.5 Å². The summed E-state index contributed by atoms with van der Waals surface area (Å²) in [6.45, 7) is 4.36. The van der Waals surface area contributed by atoms with Crippen LogP contribution in [0.5, 0.6) is 5.75 Å². The van der Waals surface area contributed by atoms with Crippen molar-refractivity contribution in [1.82, 2.24) is 9.78 Å². The molecule has 2 aromatic rings. The Kier molecular flexibility index (Phi) is 2.39. The van der Waals surface area contributed by atoms with Gasteiger partial charge in [0.05, 0.1) is 11.2 Å². The number of hydrogen-bond donors (Lipinski definition) is 1. The van der Waals surface area contributed by atoms with Crippen molar-refractivity contribution in [3.8, 4) is 5.75 Å². The lowest BCUT2D eigenvalue weighted by molar-refractivity contribution is 0.476. The van der Waals surface area contributed by atoms with Gasteiger partial charge in [0.2, 0.25) is 0 Å². The molecule has 0 aliphatic carbocycles. The van der Waals surface area contributed by atoms with Crippen molar-refractivity contribution in [2.24, 2.45) is 13.0 Å². The molecule has 0 saturated carbocycles. The van der Waals surface area contributed by atoms with Crippen LogP contribution in [-0.2, 0) is 13.5 Å². The van der Waals surface area contributed by atoms with E-state index in [1.165, 1.54) is 0 Å². The van der Waals surface area contributed by atoms with Crippen LogP contribution in [0.4, 0.5) is 0 Å². The first-order chi connectivity index (χ1) is 7.08. The largest absolute Gasteiger partial charge is 0.508 e. The minimum absolute atomic E-state index is 0.293. The lowest BCUT2D eigenvalue weighted by atomic mass is 10.1. The van der Waals surface area contributed by atoms with E-state index in [2.05, 4.69) is 18.9 Å². The summed E-state index contributed by atoms with van der Waals surface area (Å²) < 4.78 is 1.83. The van der Waals surface area contributed by atoms with Gasteiger partial charge >= 0.3 is 0 Å². The number of phenolic OH excluding ortho intramolecular Hbond substituents is 1. The molecule has 1 aromatic heterocycles. The van der Waals surface area contributed by atoms with Gasteiger partial charge in [-0.05, 0) is 24.5 Å². The zero-order chi connectivity index (χ0) is 11.0.